The number of hydrogen-bond acceptors (Lipinski definition) is 4. The molecule has 3 rings (SSSR count). The van der Waals surface area contributed by atoms with Crippen LogP contribution in [0.15, 0.2) is 53.5 Å². The largest absolute Gasteiger partial charge is 0.456 e. The molecule has 2 N–H and O–H groups in total. The van der Waals surface area contributed by atoms with Gasteiger partial charge in [-0.3, -0.25) is 14.4 Å². The molecular weight excluding hydrogens is 454 g/mol. The standard InChI is InChI=1S/C29H31N3O4/c1-7-26(33)31-23-12-13-25(36-27-18(3)10-9-11-19(27)4)24(16-23)22-15-21(29(35)32(6)17-22)14-20(5)28(34)30-8-2/h1,9-13,15-17,20H,8,14H2,2-6H3,(H,30,34)(H,31,33)/t20-/m1/s1. The molecule has 0 saturated carbocycles. The highest BCUT2D eigenvalue weighted by Gasteiger charge is 2.18. The number of aryl methyl sites for hydroxylation is 3. The first-order valence-electron chi connectivity index (χ1n) is 11.8. The van der Waals surface area contributed by atoms with E-state index in [4.69, 9.17) is 11.2 Å². The van der Waals surface area contributed by atoms with E-state index in [2.05, 4.69) is 10.6 Å². The molecule has 0 aliphatic heterocycles. The highest BCUT2D eigenvalue weighted by Crippen LogP contribution is 2.38. The van der Waals surface area contributed by atoms with Crippen molar-refractivity contribution in [2.75, 3.05) is 11.9 Å². The first-order valence-corrected chi connectivity index (χ1v) is 11.8. The molecule has 0 saturated heterocycles. The smallest absolute Gasteiger partial charge is 0.300 e. The maximum absolute atomic E-state index is 12.9. The van der Waals surface area contributed by atoms with Crippen LogP contribution in [-0.2, 0) is 23.1 Å². The van der Waals surface area contributed by atoms with E-state index in [1.807, 2.05) is 44.9 Å². The molecular formula is C29H31N3O4. The van der Waals surface area contributed by atoms with Crippen molar-refractivity contribution in [3.8, 4) is 35.0 Å². The summed E-state index contributed by atoms with van der Waals surface area (Å²) in [4.78, 5) is 37.0. The van der Waals surface area contributed by atoms with E-state index in [1.54, 1.807) is 44.4 Å². The predicted molar refractivity (Wildman–Crippen MR) is 142 cm³/mol. The molecule has 0 spiro atoms. The van der Waals surface area contributed by atoms with E-state index in [9.17, 15) is 14.4 Å². The number of anilines is 1. The Morgan fingerprint density at radius 2 is 1.83 bits per heavy atom. The molecule has 0 bridgehead atoms. The SMILES string of the molecule is C#CC(=O)Nc1ccc(Oc2c(C)cccc2C)c(-c2cc(C[C@@H](C)C(=O)NCC)c(=O)n(C)c2)c1. The molecule has 2 amide bonds. The number of hydrogen-bond donors (Lipinski definition) is 2. The average Bonchev–Trinajstić information content (AvgIpc) is 2.84. The molecule has 1 heterocycles. The van der Waals surface area contributed by atoms with E-state index >= 15 is 0 Å². The van der Waals surface area contributed by atoms with Gasteiger partial charge < -0.3 is 19.9 Å². The molecule has 7 nitrogen and oxygen atoms in total. The van der Waals surface area contributed by atoms with E-state index < -0.39 is 5.91 Å². The van der Waals surface area contributed by atoms with Crippen LogP contribution in [0.2, 0.25) is 0 Å². The summed E-state index contributed by atoms with van der Waals surface area (Å²) < 4.78 is 7.86. The zero-order valence-corrected chi connectivity index (χ0v) is 21.3. The monoisotopic (exact) mass is 485 g/mol. The van der Waals surface area contributed by atoms with Gasteiger partial charge in [0.25, 0.3) is 11.5 Å². The van der Waals surface area contributed by atoms with Crippen molar-refractivity contribution in [1.29, 1.82) is 0 Å². The van der Waals surface area contributed by atoms with Crippen LogP contribution in [0.25, 0.3) is 11.1 Å². The maximum Gasteiger partial charge on any atom is 0.300 e. The van der Waals surface area contributed by atoms with Gasteiger partial charge in [-0.1, -0.05) is 25.1 Å². The molecule has 0 fully saturated rings. The summed E-state index contributed by atoms with van der Waals surface area (Å²) in [5, 5.41) is 5.47. The topological polar surface area (TPSA) is 89.4 Å². The number of carbonyl (C=O) groups is 2. The Labute approximate surface area is 211 Å². The van der Waals surface area contributed by atoms with Gasteiger partial charge >= 0.3 is 0 Å². The lowest BCUT2D eigenvalue weighted by molar-refractivity contribution is -0.124. The van der Waals surface area contributed by atoms with E-state index in [-0.39, 0.29) is 23.8 Å². The number of benzene rings is 2. The molecule has 7 heteroatoms. The van der Waals surface area contributed by atoms with Gasteiger partial charge in [-0.25, -0.2) is 0 Å². The molecule has 1 aromatic heterocycles. The second-order valence-electron chi connectivity index (χ2n) is 8.80. The third kappa shape index (κ3) is 6.02. The molecule has 2 aromatic carbocycles. The van der Waals surface area contributed by atoms with Crippen LogP contribution in [-0.4, -0.2) is 22.9 Å². The predicted octanol–water partition coefficient (Wildman–Crippen LogP) is 4.35. The number of nitrogens with zero attached hydrogens (tertiary/aromatic N) is 1. The van der Waals surface area contributed by atoms with Crippen LogP contribution in [0.5, 0.6) is 11.5 Å². The first kappa shape index (κ1) is 26.3. The van der Waals surface area contributed by atoms with E-state index in [0.717, 1.165) is 16.9 Å². The minimum atomic E-state index is -0.568. The van der Waals surface area contributed by atoms with E-state index in [1.165, 1.54) is 4.57 Å². The van der Waals surface area contributed by atoms with Crippen LogP contribution in [0.4, 0.5) is 5.69 Å². The number of nitrogens with one attached hydrogen (secondary N) is 2. The van der Waals surface area contributed by atoms with Gasteiger partial charge in [0.05, 0.1) is 0 Å². The zero-order chi connectivity index (χ0) is 26.4. The quantitative estimate of drug-likeness (QED) is 0.465. The van der Waals surface area contributed by atoms with Gasteiger partial charge in [-0.05, 0) is 68.5 Å². The summed E-state index contributed by atoms with van der Waals surface area (Å²) in [6.45, 7) is 8.11. The lowest BCUT2D eigenvalue weighted by Gasteiger charge is -2.18. The number of para-hydroxylation sites is 1. The van der Waals surface area contributed by atoms with Crippen molar-refractivity contribution in [3.05, 3.63) is 75.7 Å². The molecule has 0 radical (unpaired) electrons. The maximum atomic E-state index is 12.9. The third-order valence-electron chi connectivity index (χ3n) is 5.88. The fraction of sp³-hybridized carbons (Fsp3) is 0.276. The Bertz CT molecular complexity index is 1380. The average molecular weight is 486 g/mol. The Morgan fingerprint density at radius 1 is 1.14 bits per heavy atom. The van der Waals surface area contributed by atoms with Crippen LogP contribution in [0.3, 0.4) is 0 Å². The van der Waals surface area contributed by atoms with Crippen molar-refractivity contribution < 1.29 is 14.3 Å². The van der Waals surface area contributed by atoms with Crippen LogP contribution < -0.4 is 20.9 Å². The molecule has 36 heavy (non-hydrogen) atoms. The minimum absolute atomic E-state index is 0.108. The van der Waals surface area contributed by atoms with E-state index in [0.29, 0.717) is 34.7 Å². The second-order valence-corrected chi connectivity index (χ2v) is 8.80. The van der Waals surface area contributed by atoms with Crippen LogP contribution in [0.1, 0.15) is 30.5 Å². The summed E-state index contributed by atoms with van der Waals surface area (Å²) in [6.07, 6.45) is 7.22. The molecule has 0 unspecified atom stereocenters. The Morgan fingerprint density at radius 3 is 2.47 bits per heavy atom. The van der Waals surface area contributed by atoms with Crippen molar-refractivity contribution >= 4 is 17.5 Å². The summed E-state index contributed by atoms with van der Waals surface area (Å²) in [5.74, 6) is 2.27. The molecule has 3 aromatic rings. The van der Waals surface area contributed by atoms with Gasteiger partial charge in [0.15, 0.2) is 0 Å². The minimum Gasteiger partial charge on any atom is -0.456 e. The zero-order valence-electron chi connectivity index (χ0n) is 21.3. The van der Waals surface area contributed by atoms with Crippen molar-refractivity contribution in [2.24, 2.45) is 13.0 Å². The molecule has 0 aliphatic carbocycles. The summed E-state index contributed by atoms with van der Waals surface area (Å²) in [6, 6.07) is 12.9. The number of terminal acetylenes is 1. The summed E-state index contributed by atoms with van der Waals surface area (Å²) in [7, 11) is 1.67. The van der Waals surface area contributed by atoms with Gasteiger partial charge in [0.2, 0.25) is 5.91 Å². The summed E-state index contributed by atoms with van der Waals surface area (Å²) >= 11 is 0. The number of amides is 2. The lowest BCUT2D eigenvalue weighted by Crippen LogP contribution is -2.32. The number of carbonyl (C=O) groups excluding carboxylic acids is 2. The molecule has 0 aliphatic rings. The number of pyridine rings is 1. The van der Waals surface area contributed by atoms with Gasteiger partial charge in [0, 0.05) is 48.1 Å². The number of aromatic nitrogens is 1. The van der Waals surface area contributed by atoms with Gasteiger partial charge in [-0.2, -0.15) is 0 Å². The Hall–Kier alpha value is -4.31. The first-order chi connectivity index (χ1) is 17.1. The van der Waals surface area contributed by atoms with Crippen molar-refractivity contribution in [1.82, 2.24) is 9.88 Å². The molecule has 186 valence electrons. The summed E-state index contributed by atoms with van der Waals surface area (Å²) in [5.41, 5.74) is 4.13. The number of ether oxygens (including phenoxy) is 1. The number of rotatable bonds is 8. The fourth-order valence-electron chi connectivity index (χ4n) is 4.00. The third-order valence-corrected chi connectivity index (χ3v) is 5.88. The highest BCUT2D eigenvalue weighted by atomic mass is 16.5. The lowest BCUT2D eigenvalue weighted by atomic mass is 9.97. The second kappa shape index (κ2) is 11.4. The van der Waals surface area contributed by atoms with Crippen molar-refractivity contribution in [3.63, 3.8) is 0 Å². The highest BCUT2D eigenvalue weighted by molar-refractivity contribution is 6.04. The Kier molecular flexibility index (Phi) is 8.34. The van der Waals surface area contributed by atoms with Crippen LogP contribution in [0, 0.1) is 32.1 Å². The normalized spacial score (nSPS) is 11.3. The van der Waals surface area contributed by atoms with Crippen molar-refractivity contribution in [2.45, 2.75) is 34.1 Å². The molecule has 1 atom stereocenters. The van der Waals surface area contributed by atoms with Gasteiger partial charge in [0.1, 0.15) is 11.5 Å². The Balaban J connectivity index is 2.13. The fourth-order valence-corrected chi connectivity index (χ4v) is 4.00. The van der Waals surface area contributed by atoms with Crippen LogP contribution >= 0.6 is 0 Å². The van der Waals surface area contributed by atoms with Gasteiger partial charge in [-0.15, -0.1) is 6.42 Å².